The normalized spacial score (nSPS) is 23.8. The molecule has 0 N–H and O–H groups in total. The van der Waals surface area contributed by atoms with Gasteiger partial charge in [0.2, 0.25) is 0 Å². The lowest BCUT2D eigenvalue weighted by atomic mass is 9.79. The Morgan fingerprint density at radius 2 is 1.83 bits per heavy atom. The molecule has 0 radical (unpaired) electrons. The lowest BCUT2D eigenvalue weighted by Crippen LogP contribution is -2.11. The molecule has 0 atom stereocenters. The SMILES string of the molecule is CC1CCC(c2ccc(C=C(F)F)c(F)c2)CC1. The van der Waals surface area contributed by atoms with Crippen molar-refractivity contribution in [3.63, 3.8) is 0 Å². The summed E-state index contributed by atoms with van der Waals surface area (Å²) in [7, 11) is 0. The van der Waals surface area contributed by atoms with Gasteiger partial charge >= 0.3 is 0 Å². The molecule has 0 aromatic heterocycles. The fourth-order valence-corrected chi connectivity index (χ4v) is 2.63. The molecule has 1 aromatic carbocycles. The van der Waals surface area contributed by atoms with E-state index in [4.69, 9.17) is 0 Å². The molecule has 18 heavy (non-hydrogen) atoms. The Labute approximate surface area is 106 Å². The Bertz CT molecular complexity index is 439. The van der Waals surface area contributed by atoms with Gasteiger partial charge in [-0.3, -0.25) is 0 Å². The van der Waals surface area contributed by atoms with Gasteiger partial charge in [0, 0.05) is 11.6 Å². The summed E-state index contributed by atoms with van der Waals surface area (Å²) in [4.78, 5) is 0. The maximum Gasteiger partial charge on any atom is 0.271 e. The van der Waals surface area contributed by atoms with Gasteiger partial charge in [-0.25, -0.2) is 4.39 Å². The average molecular weight is 254 g/mol. The molecule has 1 aliphatic rings. The zero-order valence-corrected chi connectivity index (χ0v) is 10.4. The fraction of sp³-hybridized carbons (Fsp3) is 0.467. The summed E-state index contributed by atoms with van der Waals surface area (Å²) in [6.45, 7) is 2.23. The number of halogens is 3. The summed E-state index contributed by atoms with van der Waals surface area (Å²) >= 11 is 0. The van der Waals surface area contributed by atoms with Crippen molar-refractivity contribution in [2.45, 2.75) is 38.5 Å². The highest BCUT2D eigenvalue weighted by Gasteiger charge is 2.20. The van der Waals surface area contributed by atoms with Crippen molar-refractivity contribution in [1.82, 2.24) is 0 Å². The zero-order valence-electron chi connectivity index (χ0n) is 10.4. The average Bonchev–Trinajstić information content (AvgIpc) is 2.32. The molecule has 0 bridgehead atoms. The van der Waals surface area contributed by atoms with E-state index in [0.29, 0.717) is 12.0 Å². The molecule has 0 amide bonds. The smallest absolute Gasteiger partial charge is 0.206 e. The number of hydrogen-bond donors (Lipinski definition) is 0. The second kappa shape index (κ2) is 5.59. The Balaban J connectivity index is 2.16. The highest BCUT2D eigenvalue weighted by Crippen LogP contribution is 2.36. The molecule has 1 aromatic rings. The van der Waals surface area contributed by atoms with Gasteiger partial charge in [-0.15, -0.1) is 0 Å². The van der Waals surface area contributed by atoms with E-state index in [9.17, 15) is 13.2 Å². The highest BCUT2D eigenvalue weighted by atomic mass is 19.3. The lowest BCUT2D eigenvalue weighted by Gasteiger charge is -2.26. The topological polar surface area (TPSA) is 0 Å². The van der Waals surface area contributed by atoms with Crippen molar-refractivity contribution in [2.24, 2.45) is 5.92 Å². The number of rotatable bonds is 2. The second-order valence-electron chi connectivity index (χ2n) is 5.17. The molecule has 1 fully saturated rings. The first-order chi connectivity index (χ1) is 8.56. The van der Waals surface area contributed by atoms with Gasteiger partial charge in [0.1, 0.15) is 5.82 Å². The third-order valence-corrected chi connectivity index (χ3v) is 3.78. The third-order valence-electron chi connectivity index (χ3n) is 3.78. The molecule has 98 valence electrons. The van der Waals surface area contributed by atoms with E-state index in [-0.39, 0.29) is 5.56 Å². The molecule has 0 saturated heterocycles. The fourth-order valence-electron chi connectivity index (χ4n) is 2.63. The van der Waals surface area contributed by atoms with Crippen molar-refractivity contribution in [1.29, 1.82) is 0 Å². The molecule has 3 heteroatoms. The molecule has 1 aliphatic carbocycles. The van der Waals surface area contributed by atoms with E-state index in [2.05, 4.69) is 6.92 Å². The Hall–Kier alpha value is -1.25. The van der Waals surface area contributed by atoms with Crippen molar-refractivity contribution in [2.75, 3.05) is 0 Å². The van der Waals surface area contributed by atoms with Crippen LogP contribution in [0.3, 0.4) is 0 Å². The lowest BCUT2D eigenvalue weighted by molar-refractivity contribution is 0.347. The van der Waals surface area contributed by atoms with Crippen LogP contribution in [0.1, 0.15) is 49.7 Å². The number of benzene rings is 1. The standard InChI is InChI=1S/C15H17F3/c1-10-2-4-11(5-3-10)12-6-7-13(9-15(17)18)14(16)8-12/h6-11H,2-5H2,1H3. The van der Waals surface area contributed by atoms with Crippen molar-refractivity contribution >= 4 is 6.08 Å². The first kappa shape index (κ1) is 13.2. The van der Waals surface area contributed by atoms with Crippen molar-refractivity contribution in [3.8, 4) is 0 Å². The molecule has 0 spiro atoms. The van der Waals surface area contributed by atoms with Crippen LogP contribution in [0.2, 0.25) is 0 Å². The van der Waals surface area contributed by atoms with Gasteiger partial charge in [-0.2, -0.15) is 8.78 Å². The molecule has 1 saturated carbocycles. The molecule has 2 rings (SSSR count). The predicted octanol–water partition coefficient (Wildman–Crippen LogP) is 5.36. The van der Waals surface area contributed by atoms with E-state index in [0.717, 1.165) is 37.2 Å². The highest BCUT2D eigenvalue weighted by molar-refractivity contribution is 5.51. The van der Waals surface area contributed by atoms with Gasteiger partial charge in [-0.05, 0) is 36.3 Å². The van der Waals surface area contributed by atoms with Crippen molar-refractivity contribution < 1.29 is 13.2 Å². The largest absolute Gasteiger partial charge is 0.271 e. The van der Waals surface area contributed by atoms with Gasteiger partial charge in [0.05, 0.1) is 0 Å². The zero-order chi connectivity index (χ0) is 13.1. The monoisotopic (exact) mass is 254 g/mol. The van der Waals surface area contributed by atoms with Crippen LogP contribution in [0.5, 0.6) is 0 Å². The van der Waals surface area contributed by atoms with E-state index in [1.807, 2.05) is 0 Å². The maximum absolute atomic E-state index is 13.7. The van der Waals surface area contributed by atoms with E-state index >= 15 is 0 Å². The van der Waals surface area contributed by atoms with Gasteiger partial charge < -0.3 is 0 Å². The summed E-state index contributed by atoms with van der Waals surface area (Å²) in [5, 5.41) is 0. The quantitative estimate of drug-likeness (QED) is 0.666. The van der Waals surface area contributed by atoms with Gasteiger partial charge in [0.25, 0.3) is 6.08 Å². The van der Waals surface area contributed by atoms with Crippen molar-refractivity contribution in [3.05, 3.63) is 41.2 Å². The molecule has 0 nitrogen and oxygen atoms in total. The molecular weight excluding hydrogens is 237 g/mol. The summed E-state index contributed by atoms with van der Waals surface area (Å²) < 4.78 is 37.9. The maximum atomic E-state index is 13.7. The molecular formula is C15H17F3. The van der Waals surface area contributed by atoms with Crippen LogP contribution in [-0.4, -0.2) is 0 Å². The van der Waals surface area contributed by atoms with Crippen LogP contribution in [0.4, 0.5) is 13.2 Å². The van der Waals surface area contributed by atoms with E-state index in [1.165, 1.54) is 12.1 Å². The first-order valence-electron chi connectivity index (χ1n) is 6.38. The van der Waals surface area contributed by atoms with Crippen LogP contribution in [-0.2, 0) is 0 Å². The van der Waals surface area contributed by atoms with Crippen LogP contribution in [0, 0.1) is 11.7 Å². The summed E-state index contributed by atoms with van der Waals surface area (Å²) in [6, 6.07) is 4.63. The van der Waals surface area contributed by atoms with Gasteiger partial charge in [-0.1, -0.05) is 31.9 Å². The molecule has 0 heterocycles. The summed E-state index contributed by atoms with van der Waals surface area (Å²) in [6.07, 6.45) is 3.15. The predicted molar refractivity (Wildman–Crippen MR) is 67.0 cm³/mol. The van der Waals surface area contributed by atoms with Crippen LogP contribution in [0.25, 0.3) is 6.08 Å². The van der Waals surface area contributed by atoms with E-state index in [1.54, 1.807) is 6.07 Å². The Kier molecular flexibility index (Phi) is 4.10. The minimum absolute atomic E-state index is 0.0390. The van der Waals surface area contributed by atoms with E-state index < -0.39 is 11.9 Å². The first-order valence-corrected chi connectivity index (χ1v) is 6.38. The van der Waals surface area contributed by atoms with Crippen LogP contribution < -0.4 is 0 Å². The van der Waals surface area contributed by atoms with Crippen LogP contribution >= 0.6 is 0 Å². The minimum Gasteiger partial charge on any atom is -0.206 e. The summed E-state index contributed by atoms with van der Waals surface area (Å²) in [5.74, 6) is 0.566. The second-order valence-corrected chi connectivity index (χ2v) is 5.17. The number of hydrogen-bond acceptors (Lipinski definition) is 0. The minimum atomic E-state index is -1.87. The Morgan fingerprint density at radius 1 is 1.17 bits per heavy atom. The Morgan fingerprint density at radius 3 is 2.39 bits per heavy atom. The van der Waals surface area contributed by atoms with Gasteiger partial charge in [0.15, 0.2) is 0 Å². The van der Waals surface area contributed by atoms with Crippen LogP contribution in [0.15, 0.2) is 24.3 Å². The molecule has 0 aliphatic heterocycles. The summed E-state index contributed by atoms with van der Waals surface area (Å²) in [5.41, 5.74) is 0.902. The third kappa shape index (κ3) is 3.15. The molecule has 0 unspecified atom stereocenters.